The van der Waals surface area contributed by atoms with E-state index in [1.807, 2.05) is 0 Å². The Bertz CT molecular complexity index is 9630. The molecule has 8 heteroatoms. The molecule has 6 aromatic heterocycles. The van der Waals surface area contributed by atoms with Gasteiger partial charge in [-0.05, 0) is 214 Å². The van der Waals surface area contributed by atoms with E-state index in [4.69, 9.17) is 19.9 Å². The molecule has 0 fully saturated rings. The van der Waals surface area contributed by atoms with Crippen LogP contribution in [0, 0.1) is 0 Å². The van der Waals surface area contributed by atoms with Gasteiger partial charge in [-0.15, -0.1) is 0 Å². The fourth-order valence-electron chi connectivity index (χ4n) is 22.0. The van der Waals surface area contributed by atoms with Crippen LogP contribution >= 0.6 is 0 Å². The standard InChI is InChI=1S/C62H36N4.C60H36N4/c1-2-15-41-40(14-1)47-22-13-23-48-51(31-30-49(41)60(47)48)62-63-54-24-9-5-21-52(54)61(64-62)50-32-33-58(43-17-4-3-16-42(43)50)66-57-27-12-8-20-46(57)53-35-38-34-39(29-28-37(38)36-59(53)66)65-55-25-10-6-18-44(55)45-19-7-11-26-56(45)65;1-2-16-38-36-57-51(34-37(38)15-1)58-55(29-14-30-56(58)64-53-27-11-8-23-47(53)48-24-9-12-28-54(48)64)63(57)41-18-13-17-39(33-41)59-49-25-7-10-26-52(49)61-60(62-59)40-31-32-46-44-21-4-3-19-42(44)43-20-5-6-22-45(43)50(46)35-40/h1-36H;1-36H. The minimum atomic E-state index is 0.706. The van der Waals surface area contributed by atoms with E-state index in [0.29, 0.717) is 5.82 Å². The Balaban J connectivity index is 0.000000131. The topological polar surface area (TPSA) is 71.3 Å². The smallest absolute Gasteiger partial charge is 0.161 e. The van der Waals surface area contributed by atoms with Gasteiger partial charge in [0, 0.05) is 92.9 Å². The molecule has 0 atom stereocenters. The van der Waals surface area contributed by atoms with Crippen molar-refractivity contribution in [3.63, 3.8) is 0 Å². The highest BCUT2D eigenvalue weighted by molar-refractivity contribution is 6.27. The van der Waals surface area contributed by atoms with Gasteiger partial charge < -0.3 is 18.3 Å². The summed E-state index contributed by atoms with van der Waals surface area (Å²) in [4.78, 5) is 21.5. The van der Waals surface area contributed by atoms with Crippen LogP contribution in [0.5, 0.6) is 0 Å². The average Bonchev–Trinajstić information content (AvgIpc) is 1.58. The third kappa shape index (κ3) is 10.7. The number of hydrogen-bond donors (Lipinski definition) is 0. The quantitative estimate of drug-likeness (QED) is 0.142. The number of nitrogens with zero attached hydrogens (tertiary/aromatic N) is 8. The maximum Gasteiger partial charge on any atom is 0.161 e. The van der Waals surface area contributed by atoms with Gasteiger partial charge in [-0.2, -0.15) is 0 Å². The van der Waals surface area contributed by atoms with E-state index in [1.54, 1.807) is 0 Å². The van der Waals surface area contributed by atoms with Gasteiger partial charge in [0.25, 0.3) is 0 Å². The zero-order valence-electron chi connectivity index (χ0n) is 70.1. The van der Waals surface area contributed by atoms with Crippen molar-refractivity contribution in [2.75, 3.05) is 0 Å². The maximum atomic E-state index is 5.54. The molecule has 600 valence electrons. The monoisotopic (exact) mass is 1650 g/mol. The van der Waals surface area contributed by atoms with E-state index < -0.39 is 0 Å². The van der Waals surface area contributed by atoms with Gasteiger partial charge in [-0.25, -0.2) is 19.9 Å². The largest absolute Gasteiger partial charge is 0.309 e. The number of benzene rings is 22. The van der Waals surface area contributed by atoms with Crippen LogP contribution in [-0.2, 0) is 0 Å². The van der Waals surface area contributed by atoms with Gasteiger partial charge in [0.2, 0.25) is 0 Å². The zero-order valence-corrected chi connectivity index (χ0v) is 70.1. The van der Waals surface area contributed by atoms with Gasteiger partial charge in [0.15, 0.2) is 11.6 Å². The van der Waals surface area contributed by atoms with Crippen LogP contribution in [0.2, 0.25) is 0 Å². The predicted molar refractivity (Wildman–Crippen MR) is 545 cm³/mol. The Morgan fingerprint density at radius 1 is 0.154 bits per heavy atom. The Hall–Kier alpha value is -17.5. The van der Waals surface area contributed by atoms with E-state index in [9.17, 15) is 0 Å². The van der Waals surface area contributed by atoms with E-state index in [0.717, 1.165) is 106 Å². The minimum Gasteiger partial charge on any atom is -0.309 e. The first-order valence-corrected chi connectivity index (χ1v) is 44.6. The van der Waals surface area contributed by atoms with Crippen LogP contribution in [0.15, 0.2) is 437 Å². The van der Waals surface area contributed by atoms with Crippen molar-refractivity contribution in [1.29, 1.82) is 0 Å². The maximum absolute atomic E-state index is 5.54. The highest BCUT2D eigenvalue weighted by Gasteiger charge is 2.28. The highest BCUT2D eigenvalue weighted by atomic mass is 15.0. The summed E-state index contributed by atoms with van der Waals surface area (Å²) in [6, 6.07) is 159. The normalized spacial score (nSPS) is 12.2. The highest BCUT2D eigenvalue weighted by Crippen LogP contribution is 2.51. The first-order chi connectivity index (χ1) is 64.5. The Kier molecular flexibility index (Phi) is 15.5. The van der Waals surface area contributed by atoms with Crippen LogP contribution in [0.1, 0.15) is 0 Å². The molecule has 1 aliphatic rings. The summed E-state index contributed by atoms with van der Waals surface area (Å²) in [5.41, 5.74) is 26.9. The lowest BCUT2D eigenvalue weighted by atomic mass is 9.93. The third-order valence-electron chi connectivity index (χ3n) is 27.7. The van der Waals surface area contributed by atoms with Crippen molar-refractivity contribution in [1.82, 2.24) is 38.2 Å². The summed E-state index contributed by atoms with van der Waals surface area (Å²) in [6.45, 7) is 0. The van der Waals surface area contributed by atoms with Crippen LogP contribution in [0.4, 0.5) is 0 Å². The summed E-state index contributed by atoms with van der Waals surface area (Å²) < 4.78 is 9.77. The second-order valence-corrected chi connectivity index (χ2v) is 34.6. The summed E-state index contributed by atoms with van der Waals surface area (Å²) in [7, 11) is 0. The third-order valence-corrected chi connectivity index (χ3v) is 27.7. The molecule has 0 bridgehead atoms. The number of fused-ring (bicyclic) bond motifs is 26. The molecule has 22 aromatic carbocycles. The second-order valence-electron chi connectivity index (χ2n) is 34.6. The number of rotatable bonds is 8. The molecular formula is C122H72N8. The summed E-state index contributed by atoms with van der Waals surface area (Å²) >= 11 is 0. The van der Waals surface area contributed by atoms with Gasteiger partial charge in [-0.3, -0.25) is 0 Å². The van der Waals surface area contributed by atoms with Crippen molar-refractivity contribution < 1.29 is 0 Å². The Labute approximate surface area is 744 Å². The van der Waals surface area contributed by atoms with E-state index in [-0.39, 0.29) is 0 Å². The van der Waals surface area contributed by atoms with Crippen LogP contribution < -0.4 is 0 Å². The lowest BCUT2D eigenvalue weighted by Crippen LogP contribution is -1.99. The average molecular weight is 1650 g/mol. The molecule has 0 N–H and O–H groups in total. The molecule has 6 heterocycles. The number of hydrogen-bond acceptors (Lipinski definition) is 4. The molecular weight excluding hydrogens is 1580 g/mol. The second kappa shape index (κ2) is 28.0. The fourth-order valence-corrected chi connectivity index (χ4v) is 22.0. The minimum absolute atomic E-state index is 0.706. The van der Waals surface area contributed by atoms with Gasteiger partial charge in [-0.1, -0.05) is 315 Å². The predicted octanol–water partition coefficient (Wildman–Crippen LogP) is 32.0. The molecule has 0 radical (unpaired) electrons. The molecule has 1 aliphatic carbocycles. The molecule has 0 saturated carbocycles. The van der Waals surface area contributed by atoms with Crippen molar-refractivity contribution in [2.24, 2.45) is 0 Å². The molecule has 0 aliphatic heterocycles. The summed E-state index contributed by atoms with van der Waals surface area (Å²) in [5, 5.41) is 28.9. The zero-order chi connectivity index (χ0) is 84.9. The van der Waals surface area contributed by atoms with E-state index in [1.165, 1.54) is 163 Å². The lowest BCUT2D eigenvalue weighted by molar-refractivity contribution is 1.17. The molecule has 130 heavy (non-hydrogen) atoms. The van der Waals surface area contributed by atoms with Gasteiger partial charge in [0.1, 0.15) is 0 Å². The van der Waals surface area contributed by atoms with E-state index >= 15 is 0 Å². The molecule has 0 amide bonds. The summed E-state index contributed by atoms with van der Waals surface area (Å²) in [6.07, 6.45) is 0. The van der Waals surface area contributed by atoms with Gasteiger partial charge in [0.05, 0.1) is 77.9 Å². The number of aromatic nitrogens is 8. The SMILES string of the molecule is c1cc(-c2nc(-c3ccc4c5ccccc5c5ccccc5c4c3)nc3ccccc23)cc(-n2c3cc4ccccc4cc3c3c(-n4c5ccccc5c5ccccc54)cccc32)c1.c1ccc2c(c1)-c1cccc3c(-c4nc(-c5ccc(-n6c7ccccc7c7cc8cc(-n9c%10ccccc%10c%10ccccc%109)ccc8cc76)c6ccccc56)c5ccccc5n4)ccc-2c13. The van der Waals surface area contributed by atoms with Crippen molar-refractivity contribution in [2.45, 2.75) is 0 Å². The summed E-state index contributed by atoms with van der Waals surface area (Å²) in [5.74, 6) is 1.43. The first-order valence-electron chi connectivity index (χ1n) is 44.6. The Morgan fingerprint density at radius 3 is 1.23 bits per heavy atom. The van der Waals surface area contributed by atoms with Crippen LogP contribution in [-0.4, -0.2) is 38.2 Å². The molecule has 0 saturated heterocycles. The Morgan fingerprint density at radius 2 is 0.577 bits per heavy atom. The molecule has 0 unspecified atom stereocenters. The first kappa shape index (κ1) is 71.9. The van der Waals surface area contributed by atoms with Crippen molar-refractivity contribution >= 4 is 184 Å². The lowest BCUT2D eigenvalue weighted by Gasteiger charge is -2.17. The molecule has 29 rings (SSSR count). The fraction of sp³-hybridized carbons (Fsp3) is 0. The number of para-hydroxylation sites is 7. The van der Waals surface area contributed by atoms with Crippen molar-refractivity contribution in [3.8, 4) is 90.3 Å². The van der Waals surface area contributed by atoms with E-state index in [2.05, 4.69) is 455 Å². The van der Waals surface area contributed by atoms with Crippen LogP contribution in [0.3, 0.4) is 0 Å². The van der Waals surface area contributed by atoms with Crippen LogP contribution in [0.25, 0.3) is 275 Å². The van der Waals surface area contributed by atoms with Gasteiger partial charge >= 0.3 is 0 Å². The molecule has 28 aromatic rings. The van der Waals surface area contributed by atoms with Crippen molar-refractivity contribution in [3.05, 3.63) is 437 Å². The molecule has 0 spiro atoms. The molecule has 8 nitrogen and oxygen atoms in total.